The van der Waals surface area contributed by atoms with Gasteiger partial charge in [-0.3, -0.25) is 9.69 Å². The van der Waals surface area contributed by atoms with Gasteiger partial charge in [0, 0.05) is 15.9 Å². The van der Waals surface area contributed by atoms with E-state index < -0.39 is 5.97 Å². The van der Waals surface area contributed by atoms with Crippen LogP contribution in [-0.4, -0.2) is 19.0 Å². The largest absolute Gasteiger partial charge is 0.465 e. The molecule has 2 aromatic rings. The number of nitrogens with zero attached hydrogens (tertiary/aromatic N) is 1. The van der Waals surface area contributed by atoms with Gasteiger partial charge in [-0.2, -0.15) is 0 Å². The van der Waals surface area contributed by atoms with E-state index in [1.54, 1.807) is 17.9 Å². The van der Waals surface area contributed by atoms with Gasteiger partial charge in [0.2, 0.25) is 0 Å². The number of carbonyl (C=O) groups is 2. The van der Waals surface area contributed by atoms with Crippen molar-refractivity contribution in [3.05, 3.63) is 81.0 Å². The molecular formula is C24H24BrNO3. The smallest absolute Gasteiger partial charge is 0.340 e. The van der Waals surface area contributed by atoms with Gasteiger partial charge in [0.1, 0.15) is 0 Å². The fourth-order valence-electron chi connectivity index (χ4n) is 3.41. The van der Waals surface area contributed by atoms with Crippen LogP contribution in [0.3, 0.4) is 0 Å². The number of hydrogen-bond acceptors (Lipinski definition) is 3. The Balaban J connectivity index is 2.01. The molecule has 2 aromatic carbocycles. The van der Waals surface area contributed by atoms with Gasteiger partial charge in [0.15, 0.2) is 0 Å². The lowest BCUT2D eigenvalue weighted by atomic mass is 10.0. The first kappa shape index (κ1) is 21.1. The van der Waals surface area contributed by atoms with Gasteiger partial charge in [-0.25, -0.2) is 4.79 Å². The van der Waals surface area contributed by atoms with Crippen LogP contribution in [0.5, 0.6) is 0 Å². The first-order valence-electron chi connectivity index (χ1n) is 9.66. The molecule has 0 aromatic heterocycles. The first-order chi connectivity index (χ1) is 14.0. The topological polar surface area (TPSA) is 46.6 Å². The van der Waals surface area contributed by atoms with E-state index in [1.807, 2.05) is 48.5 Å². The second-order valence-corrected chi connectivity index (χ2v) is 7.89. The molecule has 0 aliphatic carbocycles. The van der Waals surface area contributed by atoms with Crippen LogP contribution in [0.2, 0.25) is 0 Å². The average Bonchev–Trinajstić information content (AvgIpc) is 2.97. The van der Waals surface area contributed by atoms with Crippen molar-refractivity contribution in [1.82, 2.24) is 0 Å². The lowest BCUT2D eigenvalue weighted by Gasteiger charge is -2.18. The van der Waals surface area contributed by atoms with E-state index in [0.717, 1.165) is 35.0 Å². The minimum atomic E-state index is -0.513. The van der Waals surface area contributed by atoms with Crippen LogP contribution in [0.1, 0.15) is 37.8 Å². The zero-order chi connectivity index (χ0) is 21.0. The van der Waals surface area contributed by atoms with Gasteiger partial charge in [0.05, 0.1) is 18.3 Å². The summed E-state index contributed by atoms with van der Waals surface area (Å²) in [7, 11) is 1.33. The SMILES string of the molecule is CCCCc1ccc(N2C(=O)C(=Cc3ccc(Br)cc3)C(C(=O)OC)=C2C)cc1. The van der Waals surface area contributed by atoms with Crippen LogP contribution in [-0.2, 0) is 20.7 Å². The summed E-state index contributed by atoms with van der Waals surface area (Å²) < 4.78 is 5.91. The summed E-state index contributed by atoms with van der Waals surface area (Å²) in [6, 6.07) is 15.5. The van der Waals surface area contributed by atoms with Gasteiger partial charge in [-0.1, -0.05) is 53.5 Å². The van der Waals surface area contributed by atoms with Crippen LogP contribution in [0.4, 0.5) is 5.69 Å². The third-order valence-corrected chi connectivity index (χ3v) is 5.51. The maximum absolute atomic E-state index is 13.3. The highest BCUT2D eigenvalue weighted by Crippen LogP contribution is 2.35. The van der Waals surface area contributed by atoms with Crippen molar-refractivity contribution in [2.45, 2.75) is 33.1 Å². The number of unbranched alkanes of at least 4 members (excludes halogenated alkanes) is 1. The van der Waals surface area contributed by atoms with E-state index in [9.17, 15) is 9.59 Å². The number of esters is 1. The normalized spacial score (nSPS) is 15.4. The Morgan fingerprint density at radius 1 is 1.10 bits per heavy atom. The Hall–Kier alpha value is -2.66. The fourth-order valence-corrected chi connectivity index (χ4v) is 3.67. The number of amides is 1. The van der Waals surface area contributed by atoms with E-state index in [-0.39, 0.29) is 5.91 Å². The number of rotatable bonds is 6. The molecule has 3 rings (SSSR count). The predicted molar refractivity (Wildman–Crippen MR) is 119 cm³/mol. The maximum Gasteiger partial charge on any atom is 0.340 e. The number of benzene rings is 2. The molecule has 0 fully saturated rings. The standard InChI is InChI=1S/C24H24BrNO3/c1-4-5-6-17-9-13-20(14-10-17)26-16(2)22(24(28)29-3)21(23(26)27)15-18-7-11-19(25)12-8-18/h7-15H,4-6H2,1-3H3. The van der Waals surface area contributed by atoms with Crippen molar-refractivity contribution in [1.29, 1.82) is 0 Å². The molecule has 1 aliphatic heterocycles. The quantitative estimate of drug-likeness (QED) is 0.418. The Morgan fingerprint density at radius 2 is 1.76 bits per heavy atom. The molecule has 0 N–H and O–H groups in total. The number of methoxy groups -OCH3 is 1. The minimum absolute atomic E-state index is 0.230. The zero-order valence-corrected chi connectivity index (χ0v) is 18.5. The molecule has 4 nitrogen and oxygen atoms in total. The maximum atomic E-state index is 13.3. The van der Waals surface area contributed by atoms with Gasteiger partial charge >= 0.3 is 5.97 Å². The van der Waals surface area contributed by atoms with Crippen molar-refractivity contribution in [2.24, 2.45) is 0 Å². The van der Waals surface area contributed by atoms with E-state index >= 15 is 0 Å². The van der Waals surface area contributed by atoms with Crippen LogP contribution in [0.15, 0.2) is 69.8 Å². The van der Waals surface area contributed by atoms with E-state index in [1.165, 1.54) is 12.7 Å². The highest BCUT2D eigenvalue weighted by molar-refractivity contribution is 9.10. The van der Waals surface area contributed by atoms with Gasteiger partial charge in [0.25, 0.3) is 5.91 Å². The summed E-state index contributed by atoms with van der Waals surface area (Å²) >= 11 is 3.41. The summed E-state index contributed by atoms with van der Waals surface area (Å²) in [6.07, 6.45) is 5.02. The Bertz CT molecular complexity index is 972. The highest BCUT2D eigenvalue weighted by Gasteiger charge is 2.37. The molecular weight excluding hydrogens is 430 g/mol. The van der Waals surface area contributed by atoms with Crippen LogP contribution >= 0.6 is 15.9 Å². The van der Waals surface area contributed by atoms with Gasteiger partial charge in [-0.05, 0) is 61.2 Å². The molecule has 1 heterocycles. The zero-order valence-electron chi connectivity index (χ0n) is 16.9. The van der Waals surface area contributed by atoms with Crippen molar-refractivity contribution >= 4 is 39.6 Å². The number of halogens is 1. The Kier molecular flexibility index (Phi) is 6.70. The number of aryl methyl sites for hydroxylation is 1. The van der Waals surface area contributed by atoms with Crippen molar-refractivity contribution in [2.75, 3.05) is 12.0 Å². The van der Waals surface area contributed by atoms with E-state index in [2.05, 4.69) is 22.9 Å². The van der Waals surface area contributed by atoms with Crippen LogP contribution in [0, 0.1) is 0 Å². The predicted octanol–water partition coefficient (Wildman–Crippen LogP) is 5.67. The van der Waals surface area contributed by atoms with E-state index in [0.29, 0.717) is 16.8 Å². The second-order valence-electron chi connectivity index (χ2n) is 6.97. The summed E-state index contributed by atoms with van der Waals surface area (Å²) in [5, 5.41) is 0. The van der Waals surface area contributed by atoms with Crippen molar-refractivity contribution < 1.29 is 14.3 Å². The molecule has 29 heavy (non-hydrogen) atoms. The third-order valence-electron chi connectivity index (χ3n) is 4.98. The van der Waals surface area contributed by atoms with Crippen LogP contribution in [0.25, 0.3) is 6.08 Å². The average molecular weight is 454 g/mol. The summed E-state index contributed by atoms with van der Waals surface area (Å²) in [4.78, 5) is 27.3. The molecule has 0 radical (unpaired) electrons. The molecule has 0 saturated carbocycles. The molecule has 0 spiro atoms. The lowest BCUT2D eigenvalue weighted by Crippen LogP contribution is -2.24. The summed E-state index contributed by atoms with van der Waals surface area (Å²) in [6.45, 7) is 3.94. The number of carbonyl (C=O) groups excluding carboxylic acids is 2. The molecule has 1 aliphatic rings. The van der Waals surface area contributed by atoms with Gasteiger partial charge in [-0.15, -0.1) is 0 Å². The van der Waals surface area contributed by atoms with E-state index in [4.69, 9.17) is 4.74 Å². The second kappa shape index (κ2) is 9.23. The number of ether oxygens (including phenoxy) is 1. The molecule has 0 saturated heterocycles. The summed E-state index contributed by atoms with van der Waals surface area (Å²) in [5.41, 5.74) is 4.03. The number of allylic oxidation sites excluding steroid dienone is 1. The molecule has 0 bridgehead atoms. The molecule has 150 valence electrons. The number of hydrogen-bond donors (Lipinski definition) is 0. The molecule has 5 heteroatoms. The summed E-state index contributed by atoms with van der Waals surface area (Å²) in [5.74, 6) is -0.742. The molecule has 1 amide bonds. The number of anilines is 1. The first-order valence-corrected chi connectivity index (χ1v) is 10.5. The highest BCUT2D eigenvalue weighted by atomic mass is 79.9. The lowest BCUT2D eigenvalue weighted by molar-refractivity contribution is -0.136. The minimum Gasteiger partial charge on any atom is -0.465 e. The monoisotopic (exact) mass is 453 g/mol. The molecule has 0 unspecified atom stereocenters. The van der Waals surface area contributed by atoms with Gasteiger partial charge < -0.3 is 4.74 Å². The Morgan fingerprint density at radius 3 is 2.34 bits per heavy atom. The van der Waals surface area contributed by atoms with Crippen LogP contribution < -0.4 is 4.90 Å². The van der Waals surface area contributed by atoms with Crippen molar-refractivity contribution in [3.63, 3.8) is 0 Å². The fraction of sp³-hybridized carbons (Fsp3) is 0.250. The van der Waals surface area contributed by atoms with Crippen molar-refractivity contribution in [3.8, 4) is 0 Å². The Labute approximate surface area is 180 Å². The third kappa shape index (κ3) is 4.51. The molecule has 0 atom stereocenters.